The van der Waals surface area contributed by atoms with Gasteiger partial charge in [0.25, 0.3) is 5.91 Å². The standard InChI is InChI=1S/C19H18FN5O2S2/c20-14-5-3-13(4-6-14)18(27)24-9-7-23(8-10-24)16(26)12-25-17(21-22-19(25)28)15-2-1-11-29-15/h1-6,11H,7-10,12H2,(H,22,28). The molecule has 1 N–H and O–H groups in total. The fourth-order valence-corrected chi connectivity index (χ4v) is 4.15. The van der Waals surface area contributed by atoms with E-state index in [4.69, 9.17) is 12.2 Å². The Bertz CT molecular complexity index is 1070. The molecule has 0 spiro atoms. The molecule has 150 valence electrons. The largest absolute Gasteiger partial charge is 0.338 e. The van der Waals surface area contributed by atoms with Gasteiger partial charge in [-0.3, -0.25) is 19.3 Å². The Hall–Kier alpha value is -2.85. The van der Waals surface area contributed by atoms with Gasteiger partial charge in [0.2, 0.25) is 5.91 Å². The van der Waals surface area contributed by atoms with Crippen LogP contribution in [0.25, 0.3) is 10.7 Å². The molecular formula is C19H18FN5O2S2. The predicted octanol–water partition coefficient (Wildman–Crippen LogP) is 2.79. The fourth-order valence-electron chi connectivity index (χ4n) is 3.23. The monoisotopic (exact) mass is 431 g/mol. The third kappa shape index (κ3) is 4.13. The maximum atomic E-state index is 13.1. The number of aromatic nitrogens is 3. The summed E-state index contributed by atoms with van der Waals surface area (Å²) in [6, 6.07) is 9.33. The number of rotatable bonds is 4. The topological polar surface area (TPSA) is 74.2 Å². The molecule has 0 saturated carbocycles. The smallest absolute Gasteiger partial charge is 0.253 e. The summed E-state index contributed by atoms with van der Waals surface area (Å²) in [5.41, 5.74) is 0.441. The zero-order valence-corrected chi connectivity index (χ0v) is 17.0. The zero-order valence-electron chi connectivity index (χ0n) is 15.4. The number of hydrogen-bond donors (Lipinski definition) is 1. The van der Waals surface area contributed by atoms with E-state index in [0.717, 1.165) is 4.88 Å². The lowest BCUT2D eigenvalue weighted by molar-refractivity contribution is -0.133. The van der Waals surface area contributed by atoms with Crippen molar-refractivity contribution < 1.29 is 14.0 Å². The Morgan fingerprint density at radius 1 is 1.10 bits per heavy atom. The van der Waals surface area contributed by atoms with Gasteiger partial charge in [-0.1, -0.05) is 6.07 Å². The number of hydrogen-bond acceptors (Lipinski definition) is 5. The van der Waals surface area contributed by atoms with Crippen LogP contribution < -0.4 is 0 Å². The summed E-state index contributed by atoms with van der Waals surface area (Å²) in [6.45, 7) is 1.82. The van der Waals surface area contributed by atoms with Crippen LogP contribution in [0.1, 0.15) is 10.4 Å². The van der Waals surface area contributed by atoms with E-state index in [1.165, 1.54) is 35.6 Å². The maximum absolute atomic E-state index is 13.1. The van der Waals surface area contributed by atoms with Crippen molar-refractivity contribution in [2.24, 2.45) is 0 Å². The lowest BCUT2D eigenvalue weighted by Crippen LogP contribution is -2.51. The molecule has 2 amide bonds. The van der Waals surface area contributed by atoms with Gasteiger partial charge in [-0.25, -0.2) is 4.39 Å². The number of nitrogens with zero attached hydrogens (tertiary/aromatic N) is 4. The summed E-state index contributed by atoms with van der Waals surface area (Å²) in [5.74, 6) is 0.0311. The second-order valence-corrected chi connectivity index (χ2v) is 7.93. The number of aromatic amines is 1. The Morgan fingerprint density at radius 3 is 2.45 bits per heavy atom. The molecule has 29 heavy (non-hydrogen) atoms. The van der Waals surface area contributed by atoms with Crippen LogP contribution in [0.15, 0.2) is 41.8 Å². The third-order valence-electron chi connectivity index (χ3n) is 4.80. The molecule has 1 aliphatic heterocycles. The minimum absolute atomic E-state index is 0.0748. The van der Waals surface area contributed by atoms with Crippen LogP contribution in [0.5, 0.6) is 0 Å². The highest BCUT2D eigenvalue weighted by molar-refractivity contribution is 7.71. The Morgan fingerprint density at radius 2 is 1.79 bits per heavy atom. The second kappa shape index (κ2) is 8.26. The molecule has 4 rings (SSSR count). The third-order valence-corrected chi connectivity index (χ3v) is 5.98. The second-order valence-electron chi connectivity index (χ2n) is 6.60. The average Bonchev–Trinajstić information content (AvgIpc) is 3.38. The number of H-pyrrole nitrogens is 1. The molecule has 3 aromatic rings. The van der Waals surface area contributed by atoms with Crippen molar-refractivity contribution in [1.29, 1.82) is 0 Å². The van der Waals surface area contributed by atoms with Gasteiger partial charge in [0.1, 0.15) is 12.4 Å². The van der Waals surface area contributed by atoms with Gasteiger partial charge in [-0.2, -0.15) is 5.10 Å². The van der Waals surface area contributed by atoms with Gasteiger partial charge >= 0.3 is 0 Å². The molecule has 10 heteroatoms. The predicted molar refractivity (Wildman–Crippen MR) is 110 cm³/mol. The number of carbonyl (C=O) groups is 2. The Labute approximate surface area is 175 Å². The van der Waals surface area contributed by atoms with Crippen molar-refractivity contribution in [3.8, 4) is 10.7 Å². The molecule has 1 fully saturated rings. The van der Waals surface area contributed by atoms with Gasteiger partial charge in [0, 0.05) is 31.7 Å². The van der Waals surface area contributed by atoms with Gasteiger partial charge in [-0.05, 0) is 47.9 Å². The van der Waals surface area contributed by atoms with Gasteiger partial charge < -0.3 is 9.80 Å². The van der Waals surface area contributed by atoms with Crippen LogP contribution >= 0.6 is 23.6 Å². The van der Waals surface area contributed by atoms with Crippen LogP contribution in [-0.2, 0) is 11.3 Å². The van der Waals surface area contributed by atoms with Gasteiger partial charge in [-0.15, -0.1) is 11.3 Å². The van der Waals surface area contributed by atoms with E-state index in [1.54, 1.807) is 14.4 Å². The quantitative estimate of drug-likeness (QED) is 0.645. The van der Waals surface area contributed by atoms with E-state index in [1.807, 2.05) is 17.5 Å². The van der Waals surface area contributed by atoms with Crippen LogP contribution in [0.2, 0.25) is 0 Å². The molecular weight excluding hydrogens is 413 g/mol. The number of halogens is 1. The summed E-state index contributed by atoms with van der Waals surface area (Å²) < 4.78 is 15.1. The van der Waals surface area contributed by atoms with Crippen LogP contribution in [0.4, 0.5) is 4.39 Å². The number of nitrogens with one attached hydrogen (secondary N) is 1. The highest BCUT2D eigenvalue weighted by Crippen LogP contribution is 2.23. The lowest BCUT2D eigenvalue weighted by atomic mass is 10.2. The number of piperazine rings is 1. The Balaban J connectivity index is 1.39. The highest BCUT2D eigenvalue weighted by Gasteiger charge is 2.25. The molecule has 2 aromatic heterocycles. The van der Waals surface area contributed by atoms with Crippen LogP contribution in [0, 0.1) is 10.6 Å². The van der Waals surface area contributed by atoms with Gasteiger partial charge in [0.05, 0.1) is 4.88 Å². The van der Waals surface area contributed by atoms with Crippen molar-refractivity contribution in [3.63, 3.8) is 0 Å². The van der Waals surface area contributed by atoms with Crippen LogP contribution in [-0.4, -0.2) is 62.6 Å². The number of thiophene rings is 1. The first kappa shape index (κ1) is 19.5. The number of benzene rings is 1. The van der Waals surface area contributed by atoms with Crippen LogP contribution in [0.3, 0.4) is 0 Å². The molecule has 0 aliphatic carbocycles. The lowest BCUT2D eigenvalue weighted by Gasteiger charge is -2.35. The average molecular weight is 432 g/mol. The van der Waals surface area contributed by atoms with Crippen molar-refractivity contribution >= 4 is 35.4 Å². The van der Waals surface area contributed by atoms with E-state index in [-0.39, 0.29) is 24.2 Å². The van der Waals surface area contributed by atoms with Crippen molar-refractivity contribution in [2.45, 2.75) is 6.54 Å². The Kier molecular flexibility index (Phi) is 5.54. The molecule has 7 nitrogen and oxygen atoms in total. The first-order valence-electron chi connectivity index (χ1n) is 9.04. The number of carbonyl (C=O) groups excluding carboxylic acids is 2. The summed E-state index contributed by atoms with van der Waals surface area (Å²) in [4.78, 5) is 29.7. The van der Waals surface area contributed by atoms with Crippen molar-refractivity contribution in [2.75, 3.05) is 26.2 Å². The first-order valence-corrected chi connectivity index (χ1v) is 10.3. The summed E-state index contributed by atoms with van der Waals surface area (Å²) in [6.07, 6.45) is 0. The summed E-state index contributed by atoms with van der Waals surface area (Å²) in [7, 11) is 0. The molecule has 0 unspecified atom stereocenters. The first-order chi connectivity index (χ1) is 14.0. The summed E-state index contributed by atoms with van der Waals surface area (Å²) >= 11 is 6.81. The normalized spacial score (nSPS) is 14.2. The molecule has 1 saturated heterocycles. The van der Waals surface area contributed by atoms with E-state index in [9.17, 15) is 14.0 Å². The van der Waals surface area contributed by atoms with Crippen molar-refractivity contribution in [1.82, 2.24) is 24.6 Å². The molecule has 1 aromatic carbocycles. The van der Waals surface area contributed by atoms with Crippen molar-refractivity contribution in [3.05, 3.63) is 57.9 Å². The van der Waals surface area contributed by atoms with E-state index < -0.39 is 0 Å². The molecule has 0 radical (unpaired) electrons. The molecule has 0 atom stereocenters. The minimum Gasteiger partial charge on any atom is -0.338 e. The SMILES string of the molecule is O=C(Cn1c(-c2cccs2)n[nH]c1=S)N1CCN(C(=O)c2ccc(F)cc2)CC1. The molecule has 1 aliphatic rings. The number of amides is 2. The summed E-state index contributed by atoms with van der Waals surface area (Å²) in [5, 5.41) is 8.93. The van der Waals surface area contributed by atoms with E-state index >= 15 is 0 Å². The minimum atomic E-state index is -0.378. The highest BCUT2D eigenvalue weighted by atomic mass is 32.1. The van der Waals surface area contributed by atoms with Gasteiger partial charge in [0.15, 0.2) is 10.6 Å². The van der Waals surface area contributed by atoms with E-state index in [0.29, 0.717) is 42.3 Å². The molecule has 0 bridgehead atoms. The zero-order chi connectivity index (χ0) is 20.4. The van der Waals surface area contributed by atoms with E-state index in [2.05, 4.69) is 10.2 Å². The fraction of sp³-hybridized carbons (Fsp3) is 0.263. The maximum Gasteiger partial charge on any atom is 0.253 e. The molecule has 3 heterocycles.